The molecular weight excluding hydrogens is 314 g/mol. The molecule has 0 aromatic heterocycles. The van der Waals surface area contributed by atoms with Crippen molar-refractivity contribution >= 4 is 21.7 Å². The van der Waals surface area contributed by atoms with Gasteiger partial charge < -0.3 is 0 Å². The fourth-order valence-corrected chi connectivity index (χ4v) is 2.28. The summed E-state index contributed by atoms with van der Waals surface area (Å²) in [6, 6.07) is 11.2. The molecule has 0 bridgehead atoms. The Morgan fingerprint density at radius 3 is 2.53 bits per heavy atom. The summed E-state index contributed by atoms with van der Waals surface area (Å²) in [5, 5.41) is 0. The number of rotatable bonds is 4. The predicted molar refractivity (Wildman–Crippen MR) is 72.9 cm³/mol. The molecule has 2 rings (SSSR count). The van der Waals surface area contributed by atoms with E-state index in [9.17, 15) is 13.6 Å². The van der Waals surface area contributed by atoms with Crippen molar-refractivity contribution in [1.82, 2.24) is 0 Å². The van der Waals surface area contributed by atoms with Crippen LogP contribution in [0.25, 0.3) is 0 Å². The van der Waals surface area contributed by atoms with Crippen LogP contribution >= 0.6 is 15.9 Å². The number of ketones is 1. The molecular formula is C15H11BrF2O. The van der Waals surface area contributed by atoms with Crippen LogP contribution in [0, 0.1) is 11.6 Å². The van der Waals surface area contributed by atoms with Crippen LogP contribution in [0.15, 0.2) is 46.9 Å². The topological polar surface area (TPSA) is 17.1 Å². The molecule has 1 nitrogen and oxygen atoms in total. The molecule has 0 fully saturated rings. The summed E-state index contributed by atoms with van der Waals surface area (Å²) in [6.45, 7) is 0. The molecule has 98 valence electrons. The van der Waals surface area contributed by atoms with Gasteiger partial charge in [-0.05, 0) is 29.3 Å². The minimum Gasteiger partial charge on any atom is -0.299 e. The number of carbonyl (C=O) groups is 1. The Morgan fingerprint density at radius 1 is 1.05 bits per heavy atom. The maximum atomic E-state index is 13.4. The molecule has 0 aliphatic heterocycles. The van der Waals surface area contributed by atoms with E-state index in [1.165, 1.54) is 12.1 Å². The van der Waals surface area contributed by atoms with Crippen molar-refractivity contribution in [3.63, 3.8) is 0 Å². The van der Waals surface area contributed by atoms with Gasteiger partial charge in [0.15, 0.2) is 11.6 Å². The summed E-state index contributed by atoms with van der Waals surface area (Å²) in [7, 11) is 0. The summed E-state index contributed by atoms with van der Waals surface area (Å²) in [5.41, 5.74) is 0.941. The lowest BCUT2D eigenvalue weighted by Gasteiger charge is -2.04. The van der Waals surface area contributed by atoms with Gasteiger partial charge in [0.05, 0.1) is 0 Å². The maximum Gasteiger partial charge on any atom is 0.162 e. The van der Waals surface area contributed by atoms with Gasteiger partial charge in [0.1, 0.15) is 5.78 Å². The van der Waals surface area contributed by atoms with E-state index in [4.69, 9.17) is 0 Å². The molecule has 0 unspecified atom stereocenters. The minimum absolute atomic E-state index is 0.0972. The second-order valence-electron chi connectivity index (χ2n) is 4.24. The van der Waals surface area contributed by atoms with Crippen LogP contribution < -0.4 is 0 Å². The molecule has 0 heterocycles. The van der Waals surface area contributed by atoms with Gasteiger partial charge in [-0.3, -0.25) is 4.79 Å². The number of hydrogen-bond acceptors (Lipinski definition) is 1. The largest absolute Gasteiger partial charge is 0.299 e. The zero-order chi connectivity index (χ0) is 13.8. The van der Waals surface area contributed by atoms with Crippen molar-refractivity contribution in [2.24, 2.45) is 0 Å². The smallest absolute Gasteiger partial charge is 0.162 e. The quantitative estimate of drug-likeness (QED) is 0.828. The van der Waals surface area contributed by atoms with Gasteiger partial charge >= 0.3 is 0 Å². The number of carbonyl (C=O) groups excluding carboxylic acids is 1. The normalized spacial score (nSPS) is 10.5. The lowest BCUT2D eigenvalue weighted by molar-refractivity contribution is -0.117. The average molecular weight is 325 g/mol. The molecule has 0 spiro atoms. The predicted octanol–water partition coefficient (Wildman–Crippen LogP) is 4.08. The third-order valence-electron chi connectivity index (χ3n) is 2.71. The van der Waals surface area contributed by atoms with Crippen LogP contribution in [0.1, 0.15) is 11.1 Å². The Hall–Kier alpha value is -1.55. The van der Waals surface area contributed by atoms with Crippen molar-refractivity contribution in [2.75, 3.05) is 0 Å². The van der Waals surface area contributed by atoms with Crippen molar-refractivity contribution in [3.05, 3.63) is 69.7 Å². The first-order valence-electron chi connectivity index (χ1n) is 5.75. The third kappa shape index (κ3) is 3.70. The van der Waals surface area contributed by atoms with E-state index >= 15 is 0 Å². The van der Waals surface area contributed by atoms with E-state index in [0.717, 1.165) is 16.1 Å². The second-order valence-corrected chi connectivity index (χ2v) is 5.15. The molecule has 0 N–H and O–H groups in total. The third-order valence-corrected chi connectivity index (χ3v) is 3.20. The van der Waals surface area contributed by atoms with E-state index < -0.39 is 11.6 Å². The highest BCUT2D eigenvalue weighted by Crippen LogP contribution is 2.15. The highest BCUT2D eigenvalue weighted by atomic mass is 79.9. The SMILES string of the molecule is O=C(Cc1cccc(Br)c1)Cc1cccc(F)c1F. The molecule has 2 aromatic carbocycles. The first-order chi connectivity index (χ1) is 9.06. The van der Waals surface area contributed by atoms with E-state index in [0.29, 0.717) is 0 Å². The van der Waals surface area contributed by atoms with Crippen molar-refractivity contribution < 1.29 is 13.6 Å². The van der Waals surface area contributed by atoms with Crippen LogP contribution in [0.5, 0.6) is 0 Å². The average Bonchev–Trinajstić information content (AvgIpc) is 2.35. The van der Waals surface area contributed by atoms with Crippen LogP contribution in [0.3, 0.4) is 0 Å². The second kappa shape index (κ2) is 6.06. The summed E-state index contributed by atoms with van der Waals surface area (Å²) < 4.78 is 27.3. The van der Waals surface area contributed by atoms with Crippen molar-refractivity contribution in [3.8, 4) is 0 Å². The van der Waals surface area contributed by atoms with Gasteiger partial charge in [-0.15, -0.1) is 0 Å². The fraction of sp³-hybridized carbons (Fsp3) is 0.133. The Labute approximate surface area is 118 Å². The van der Waals surface area contributed by atoms with E-state index in [2.05, 4.69) is 15.9 Å². The van der Waals surface area contributed by atoms with Gasteiger partial charge in [0.2, 0.25) is 0 Å². The Bertz CT molecular complexity index is 611. The van der Waals surface area contributed by atoms with Gasteiger partial charge in [-0.1, -0.05) is 40.2 Å². The fourth-order valence-electron chi connectivity index (χ4n) is 1.83. The highest BCUT2D eigenvalue weighted by molar-refractivity contribution is 9.10. The molecule has 0 atom stereocenters. The molecule has 0 saturated carbocycles. The van der Waals surface area contributed by atoms with Crippen LogP contribution in [0.2, 0.25) is 0 Å². The Balaban J connectivity index is 2.08. The molecule has 0 aliphatic carbocycles. The van der Waals surface area contributed by atoms with Gasteiger partial charge in [-0.2, -0.15) is 0 Å². The lowest BCUT2D eigenvalue weighted by atomic mass is 10.0. The lowest BCUT2D eigenvalue weighted by Crippen LogP contribution is -2.08. The van der Waals surface area contributed by atoms with Crippen LogP contribution in [0.4, 0.5) is 8.78 Å². The standard InChI is InChI=1S/C15H11BrF2O/c16-12-5-1-3-10(7-12)8-13(19)9-11-4-2-6-14(17)15(11)18/h1-7H,8-9H2. The highest BCUT2D eigenvalue weighted by Gasteiger charge is 2.12. The summed E-state index contributed by atoms with van der Waals surface area (Å²) >= 11 is 3.32. The maximum absolute atomic E-state index is 13.4. The number of halogens is 3. The van der Waals surface area contributed by atoms with Crippen LogP contribution in [-0.4, -0.2) is 5.78 Å². The minimum atomic E-state index is -0.940. The zero-order valence-electron chi connectivity index (χ0n) is 10.00. The number of Topliss-reactive ketones (excluding diaryl/α,β-unsaturated/α-hetero) is 1. The van der Waals surface area contributed by atoms with E-state index in [1.54, 1.807) is 0 Å². The molecule has 0 aliphatic rings. The van der Waals surface area contributed by atoms with E-state index in [1.807, 2.05) is 24.3 Å². The first kappa shape index (κ1) is 13.9. The molecule has 4 heteroatoms. The Kier molecular flexibility index (Phi) is 4.43. The number of hydrogen-bond donors (Lipinski definition) is 0. The molecule has 0 saturated heterocycles. The van der Waals surface area contributed by atoms with Gasteiger partial charge in [-0.25, -0.2) is 8.78 Å². The monoisotopic (exact) mass is 324 g/mol. The van der Waals surface area contributed by atoms with Gasteiger partial charge in [0, 0.05) is 17.3 Å². The first-order valence-corrected chi connectivity index (χ1v) is 6.54. The summed E-state index contributed by atoms with van der Waals surface area (Å²) in [6.07, 6.45) is 0.103. The zero-order valence-corrected chi connectivity index (χ0v) is 11.6. The Morgan fingerprint density at radius 2 is 1.79 bits per heavy atom. The number of benzene rings is 2. The van der Waals surface area contributed by atoms with Crippen molar-refractivity contribution in [2.45, 2.75) is 12.8 Å². The van der Waals surface area contributed by atoms with Crippen LogP contribution in [-0.2, 0) is 17.6 Å². The molecule has 2 aromatic rings. The van der Waals surface area contributed by atoms with Gasteiger partial charge in [0.25, 0.3) is 0 Å². The van der Waals surface area contributed by atoms with E-state index in [-0.39, 0.29) is 24.2 Å². The molecule has 0 amide bonds. The van der Waals surface area contributed by atoms with Crippen molar-refractivity contribution in [1.29, 1.82) is 0 Å². The molecule has 0 radical (unpaired) electrons. The molecule has 19 heavy (non-hydrogen) atoms. The summed E-state index contributed by atoms with van der Waals surface area (Å²) in [4.78, 5) is 11.9. The summed E-state index contributed by atoms with van der Waals surface area (Å²) in [5.74, 6) is -2.01.